The number of nitrogen functional groups attached to an aromatic ring is 1. The van der Waals surface area contributed by atoms with Gasteiger partial charge in [-0.2, -0.15) is 0 Å². The lowest BCUT2D eigenvalue weighted by Crippen LogP contribution is -2.23. The molecule has 0 spiro atoms. The molecule has 0 radical (unpaired) electrons. The molecule has 3 N–H and O–H groups in total. The van der Waals surface area contributed by atoms with E-state index in [1.165, 1.54) is 4.90 Å². The third-order valence-electron chi connectivity index (χ3n) is 5.83. The molecule has 3 aromatic carbocycles. The Labute approximate surface area is 189 Å². The van der Waals surface area contributed by atoms with Crippen molar-refractivity contribution in [2.45, 2.75) is 13.1 Å². The zero-order chi connectivity index (χ0) is 24.3. The quantitative estimate of drug-likeness (QED) is 0.344. The lowest BCUT2D eigenvalue weighted by Gasteiger charge is -2.22. The van der Waals surface area contributed by atoms with Gasteiger partial charge in [-0.1, -0.05) is 6.07 Å². The van der Waals surface area contributed by atoms with Gasteiger partial charge in [-0.15, -0.1) is 0 Å². The fourth-order valence-corrected chi connectivity index (χ4v) is 4.29. The van der Waals surface area contributed by atoms with E-state index in [0.717, 1.165) is 40.1 Å². The molecule has 1 aliphatic rings. The SMILES string of the molecule is Nc1ccc2c(c1)CN(c1c(F)cc3c(=O)c(C(=O)O)cn(-c4ccc(F)cc4F)c3c1F)C2. The van der Waals surface area contributed by atoms with E-state index < -0.39 is 62.5 Å². The number of carboxylic acids is 1. The van der Waals surface area contributed by atoms with Crippen molar-refractivity contribution in [3.8, 4) is 5.69 Å². The van der Waals surface area contributed by atoms with Gasteiger partial charge < -0.3 is 20.3 Å². The number of rotatable bonds is 3. The Morgan fingerprint density at radius 3 is 2.38 bits per heavy atom. The second-order valence-electron chi connectivity index (χ2n) is 7.94. The minimum absolute atomic E-state index is 0.127. The highest BCUT2D eigenvalue weighted by Crippen LogP contribution is 2.36. The molecule has 0 fully saturated rings. The molecule has 0 saturated carbocycles. The first-order valence-electron chi connectivity index (χ1n) is 10.0. The Morgan fingerprint density at radius 2 is 1.68 bits per heavy atom. The number of carboxylic acid groups (broad SMARTS) is 1. The third-order valence-corrected chi connectivity index (χ3v) is 5.83. The fourth-order valence-electron chi connectivity index (χ4n) is 4.29. The molecular weight excluding hydrogens is 454 g/mol. The minimum atomic E-state index is -1.67. The molecule has 1 aliphatic heterocycles. The van der Waals surface area contributed by atoms with Gasteiger partial charge in [-0.3, -0.25) is 4.79 Å². The number of aromatic nitrogens is 1. The van der Waals surface area contributed by atoms with Crippen molar-refractivity contribution in [2.75, 3.05) is 10.6 Å². The first kappa shape index (κ1) is 21.5. The largest absolute Gasteiger partial charge is 0.477 e. The third kappa shape index (κ3) is 3.26. The summed E-state index contributed by atoms with van der Waals surface area (Å²) in [6.45, 7) is 0.277. The number of aromatic carboxylic acids is 1. The molecule has 6 nitrogen and oxygen atoms in total. The zero-order valence-electron chi connectivity index (χ0n) is 17.3. The first-order valence-corrected chi connectivity index (χ1v) is 10.0. The van der Waals surface area contributed by atoms with Crippen LogP contribution in [0.15, 0.2) is 53.5 Å². The second kappa shape index (κ2) is 7.62. The molecule has 0 saturated heterocycles. The van der Waals surface area contributed by atoms with Gasteiger partial charge in [-0.25, -0.2) is 22.4 Å². The summed E-state index contributed by atoms with van der Waals surface area (Å²) in [5.74, 6) is -5.98. The average Bonchev–Trinajstić information content (AvgIpc) is 3.17. The Kier molecular flexibility index (Phi) is 4.82. The summed E-state index contributed by atoms with van der Waals surface area (Å²) < 4.78 is 60.0. The van der Waals surface area contributed by atoms with Crippen molar-refractivity contribution in [3.05, 3.63) is 98.8 Å². The Bertz CT molecular complexity index is 1580. The van der Waals surface area contributed by atoms with Crippen LogP contribution in [-0.2, 0) is 13.1 Å². The molecule has 2 heterocycles. The van der Waals surface area contributed by atoms with Crippen molar-refractivity contribution in [2.24, 2.45) is 0 Å². The summed E-state index contributed by atoms with van der Waals surface area (Å²) in [7, 11) is 0. The van der Waals surface area contributed by atoms with Crippen LogP contribution in [0, 0.1) is 23.3 Å². The normalized spacial score (nSPS) is 12.9. The molecular formula is C24H15F4N3O3. The number of benzene rings is 3. The molecule has 10 heteroatoms. The van der Waals surface area contributed by atoms with E-state index in [1.807, 2.05) is 0 Å². The predicted molar refractivity (Wildman–Crippen MR) is 117 cm³/mol. The van der Waals surface area contributed by atoms with Gasteiger partial charge in [0.25, 0.3) is 0 Å². The van der Waals surface area contributed by atoms with Crippen molar-refractivity contribution >= 4 is 28.2 Å². The highest BCUT2D eigenvalue weighted by Gasteiger charge is 2.29. The van der Waals surface area contributed by atoms with Crippen LogP contribution in [-0.4, -0.2) is 15.6 Å². The highest BCUT2D eigenvalue weighted by molar-refractivity contribution is 5.94. The minimum Gasteiger partial charge on any atom is -0.477 e. The maximum Gasteiger partial charge on any atom is 0.341 e. The van der Waals surface area contributed by atoms with Crippen LogP contribution in [0.4, 0.5) is 28.9 Å². The van der Waals surface area contributed by atoms with Gasteiger partial charge >= 0.3 is 5.97 Å². The molecule has 0 aliphatic carbocycles. The highest BCUT2D eigenvalue weighted by atomic mass is 19.1. The van der Waals surface area contributed by atoms with Crippen molar-refractivity contribution < 1.29 is 27.5 Å². The Hall–Kier alpha value is -4.34. The van der Waals surface area contributed by atoms with Gasteiger partial charge in [-0.05, 0) is 41.5 Å². The van der Waals surface area contributed by atoms with Gasteiger partial charge in [0.1, 0.15) is 28.7 Å². The van der Waals surface area contributed by atoms with Crippen LogP contribution in [0.3, 0.4) is 0 Å². The molecule has 34 heavy (non-hydrogen) atoms. The summed E-state index contributed by atoms with van der Waals surface area (Å²) >= 11 is 0. The summed E-state index contributed by atoms with van der Waals surface area (Å²) in [6, 6.07) is 8.22. The second-order valence-corrected chi connectivity index (χ2v) is 7.94. The molecule has 0 amide bonds. The van der Waals surface area contributed by atoms with Crippen LogP contribution in [0.2, 0.25) is 0 Å². The summed E-state index contributed by atoms with van der Waals surface area (Å²) in [5.41, 5.74) is 4.47. The summed E-state index contributed by atoms with van der Waals surface area (Å²) in [5, 5.41) is 8.83. The zero-order valence-corrected chi connectivity index (χ0v) is 17.3. The maximum absolute atomic E-state index is 15.9. The van der Waals surface area contributed by atoms with E-state index in [9.17, 15) is 23.5 Å². The number of fused-ring (bicyclic) bond motifs is 2. The van der Waals surface area contributed by atoms with E-state index >= 15 is 8.78 Å². The lowest BCUT2D eigenvalue weighted by atomic mass is 10.1. The molecule has 5 rings (SSSR count). The number of hydrogen-bond acceptors (Lipinski definition) is 4. The number of pyridine rings is 1. The van der Waals surface area contributed by atoms with Crippen LogP contribution >= 0.6 is 0 Å². The monoisotopic (exact) mass is 469 g/mol. The maximum atomic E-state index is 15.9. The standard InChI is InChI=1S/C24H15F4N3O3/c25-13-2-4-19(17(26)6-13)31-10-16(24(33)34)23(32)15-7-18(27)22(20(28)21(15)31)30-8-11-1-3-14(29)5-12(11)9-30/h1-7,10H,8-9,29H2,(H,33,34). The van der Waals surface area contributed by atoms with E-state index in [4.69, 9.17) is 5.73 Å². The van der Waals surface area contributed by atoms with Crippen LogP contribution in [0.1, 0.15) is 21.5 Å². The predicted octanol–water partition coefficient (Wildman–Crippen LogP) is 4.35. The van der Waals surface area contributed by atoms with Gasteiger partial charge in [0, 0.05) is 31.0 Å². The van der Waals surface area contributed by atoms with Gasteiger partial charge in [0.2, 0.25) is 5.43 Å². The van der Waals surface area contributed by atoms with E-state index in [1.54, 1.807) is 18.2 Å². The lowest BCUT2D eigenvalue weighted by molar-refractivity contribution is 0.0695. The molecule has 1 aromatic heterocycles. The fraction of sp³-hybridized carbons (Fsp3) is 0.0833. The van der Waals surface area contributed by atoms with Gasteiger partial charge in [0.05, 0.1) is 16.6 Å². The number of hydrogen-bond donors (Lipinski definition) is 2. The van der Waals surface area contributed by atoms with Crippen LogP contribution in [0.25, 0.3) is 16.6 Å². The molecule has 0 unspecified atom stereocenters. The summed E-state index contributed by atoms with van der Waals surface area (Å²) in [4.78, 5) is 25.7. The Balaban J connectivity index is 1.81. The van der Waals surface area contributed by atoms with E-state index in [2.05, 4.69) is 0 Å². The Morgan fingerprint density at radius 1 is 0.941 bits per heavy atom. The average molecular weight is 469 g/mol. The van der Waals surface area contributed by atoms with Crippen LogP contribution < -0.4 is 16.1 Å². The van der Waals surface area contributed by atoms with E-state index in [0.29, 0.717) is 11.8 Å². The number of nitrogens with two attached hydrogens (primary N) is 1. The molecule has 172 valence electrons. The number of carbonyl (C=O) groups is 1. The van der Waals surface area contributed by atoms with Crippen molar-refractivity contribution in [1.29, 1.82) is 0 Å². The summed E-state index contributed by atoms with van der Waals surface area (Å²) in [6.07, 6.45) is 0.744. The van der Waals surface area contributed by atoms with E-state index in [-0.39, 0.29) is 13.1 Å². The molecule has 4 aromatic rings. The van der Waals surface area contributed by atoms with Crippen molar-refractivity contribution in [1.82, 2.24) is 4.57 Å². The number of nitrogens with zero attached hydrogens (tertiary/aromatic N) is 2. The number of halogens is 4. The topological polar surface area (TPSA) is 88.6 Å². The molecule has 0 bridgehead atoms. The smallest absolute Gasteiger partial charge is 0.341 e. The van der Waals surface area contributed by atoms with Gasteiger partial charge in [0.15, 0.2) is 5.82 Å². The van der Waals surface area contributed by atoms with Crippen molar-refractivity contribution in [3.63, 3.8) is 0 Å². The molecule has 0 atom stereocenters. The first-order chi connectivity index (χ1) is 16.2. The van der Waals surface area contributed by atoms with Crippen LogP contribution in [0.5, 0.6) is 0 Å². The number of anilines is 2.